The van der Waals surface area contributed by atoms with Gasteiger partial charge in [-0.15, -0.1) is 0 Å². The third kappa shape index (κ3) is 5.93. The summed E-state index contributed by atoms with van der Waals surface area (Å²) in [7, 11) is 4.96. The van der Waals surface area contributed by atoms with Crippen LogP contribution >= 0.6 is 0 Å². The van der Waals surface area contributed by atoms with E-state index in [1.165, 1.54) is 34.6 Å². The van der Waals surface area contributed by atoms with E-state index in [1.807, 2.05) is 6.20 Å². The van der Waals surface area contributed by atoms with Crippen molar-refractivity contribution in [2.24, 2.45) is 14.1 Å². The van der Waals surface area contributed by atoms with Crippen LogP contribution in [0.15, 0.2) is 41.6 Å². The fraction of sp³-hybridized carbons (Fsp3) is 0.455. The zero-order chi connectivity index (χ0) is 25.3. The number of aromatic nitrogens is 5. The minimum Gasteiger partial charge on any atom is -0.348 e. The summed E-state index contributed by atoms with van der Waals surface area (Å²) in [5, 5.41) is 13.7. The Bertz CT molecular complexity index is 1220. The third-order valence-corrected chi connectivity index (χ3v) is 5.32. The number of rotatable bonds is 8. The molecule has 0 fully saturated rings. The van der Waals surface area contributed by atoms with Gasteiger partial charge in [-0.05, 0) is 45.0 Å². The van der Waals surface area contributed by atoms with Crippen LogP contribution in [0.5, 0.6) is 0 Å². The number of hydrogen-bond donors (Lipinski definition) is 2. The molecule has 0 unspecified atom stereocenters. The van der Waals surface area contributed by atoms with Crippen LogP contribution in [0.2, 0.25) is 0 Å². The summed E-state index contributed by atoms with van der Waals surface area (Å²) >= 11 is 0. The van der Waals surface area contributed by atoms with Crippen LogP contribution in [0.3, 0.4) is 0 Å². The highest BCUT2D eigenvalue weighted by atomic mass is 19.4. The van der Waals surface area contributed by atoms with Gasteiger partial charge in [0.2, 0.25) is 11.5 Å². The van der Waals surface area contributed by atoms with Gasteiger partial charge >= 0.3 is 6.18 Å². The van der Waals surface area contributed by atoms with Gasteiger partial charge in [0, 0.05) is 38.1 Å². The molecule has 0 radical (unpaired) electrons. The minimum absolute atomic E-state index is 0.0314. The topological polar surface area (TPSA) is 98.8 Å². The zero-order valence-electron chi connectivity index (χ0n) is 19.6. The number of carbonyl (C=O) groups excluding carboxylic acids is 1. The average molecular weight is 480 g/mol. The smallest absolute Gasteiger partial charge is 0.348 e. The van der Waals surface area contributed by atoms with E-state index in [-0.39, 0.29) is 23.7 Å². The lowest BCUT2D eigenvalue weighted by Crippen LogP contribution is -2.53. The van der Waals surface area contributed by atoms with Crippen LogP contribution in [0.4, 0.5) is 13.2 Å². The maximum Gasteiger partial charge on any atom is 0.435 e. The second-order valence-electron chi connectivity index (χ2n) is 8.88. The highest BCUT2D eigenvalue weighted by Crippen LogP contribution is 2.32. The molecule has 3 aromatic rings. The third-order valence-electron chi connectivity index (χ3n) is 5.32. The Balaban J connectivity index is 1.85. The van der Waals surface area contributed by atoms with Crippen molar-refractivity contribution in [3.63, 3.8) is 0 Å². The molecule has 1 atom stereocenters. The van der Waals surface area contributed by atoms with Crippen molar-refractivity contribution < 1.29 is 18.0 Å². The maximum atomic E-state index is 13.4. The van der Waals surface area contributed by atoms with Crippen LogP contribution in [-0.2, 0) is 38.0 Å². The second-order valence-corrected chi connectivity index (χ2v) is 8.88. The molecule has 3 aromatic heterocycles. The van der Waals surface area contributed by atoms with Crippen molar-refractivity contribution in [1.82, 2.24) is 34.8 Å². The molecule has 0 bridgehead atoms. The number of carbonyl (C=O) groups is 1. The second kappa shape index (κ2) is 9.45. The van der Waals surface area contributed by atoms with Crippen LogP contribution < -0.4 is 16.2 Å². The molecular weight excluding hydrogens is 451 g/mol. The van der Waals surface area contributed by atoms with Crippen LogP contribution in [0.25, 0.3) is 11.3 Å². The molecule has 9 nitrogen and oxygen atoms in total. The molecule has 3 rings (SSSR count). The Hall–Kier alpha value is -3.41. The summed E-state index contributed by atoms with van der Waals surface area (Å²) in [4.78, 5) is 24.7. The summed E-state index contributed by atoms with van der Waals surface area (Å²) in [5.74, 6) is -0.303. The first-order chi connectivity index (χ1) is 15.8. The fourth-order valence-corrected chi connectivity index (χ4v) is 3.63. The number of nitrogens with one attached hydrogen (secondary N) is 2. The predicted molar refractivity (Wildman–Crippen MR) is 120 cm³/mol. The van der Waals surface area contributed by atoms with Gasteiger partial charge in [-0.1, -0.05) is 0 Å². The van der Waals surface area contributed by atoms with E-state index in [2.05, 4.69) is 20.8 Å². The van der Waals surface area contributed by atoms with E-state index in [0.29, 0.717) is 12.0 Å². The van der Waals surface area contributed by atoms with Gasteiger partial charge in [0.25, 0.3) is 0 Å². The summed E-state index contributed by atoms with van der Waals surface area (Å²) < 4.78 is 44.4. The van der Waals surface area contributed by atoms with Crippen molar-refractivity contribution in [1.29, 1.82) is 0 Å². The molecule has 1 amide bonds. The SMILES string of the molecule is CN[C@H](Cc1cnn(C)c1)C(=O)NC(C)(C)Cn1nc(C(F)(F)F)cc1-c1ccc(=O)n(C)c1. The number of halogens is 3. The average Bonchev–Trinajstić information content (AvgIpc) is 3.33. The molecule has 0 aliphatic carbocycles. The predicted octanol–water partition coefficient (Wildman–Crippen LogP) is 1.73. The minimum atomic E-state index is -4.64. The molecule has 2 N–H and O–H groups in total. The first-order valence-electron chi connectivity index (χ1n) is 10.6. The Morgan fingerprint density at radius 1 is 1.18 bits per heavy atom. The molecule has 3 heterocycles. The summed E-state index contributed by atoms with van der Waals surface area (Å²) in [6.07, 6.45) is 0.687. The highest BCUT2D eigenvalue weighted by molar-refractivity contribution is 5.82. The number of amides is 1. The van der Waals surface area contributed by atoms with Crippen molar-refractivity contribution in [3.05, 3.63) is 58.4 Å². The first kappa shape index (κ1) is 25.2. The van der Waals surface area contributed by atoms with E-state index in [0.717, 1.165) is 11.6 Å². The largest absolute Gasteiger partial charge is 0.435 e. The Labute approximate surface area is 194 Å². The van der Waals surface area contributed by atoms with Gasteiger partial charge in [-0.25, -0.2) is 0 Å². The van der Waals surface area contributed by atoms with E-state index < -0.39 is 23.5 Å². The lowest BCUT2D eigenvalue weighted by molar-refractivity contribution is -0.141. The van der Waals surface area contributed by atoms with Crippen LogP contribution in [0, 0.1) is 0 Å². The first-order valence-corrected chi connectivity index (χ1v) is 10.6. The van der Waals surface area contributed by atoms with E-state index >= 15 is 0 Å². The molecular formula is C22H28F3N7O2. The molecule has 0 aromatic carbocycles. The summed E-state index contributed by atoms with van der Waals surface area (Å²) in [5.41, 5.74) is -0.824. The Morgan fingerprint density at radius 3 is 2.44 bits per heavy atom. The lowest BCUT2D eigenvalue weighted by Gasteiger charge is -2.29. The van der Waals surface area contributed by atoms with Gasteiger partial charge in [0.1, 0.15) is 0 Å². The number of nitrogens with zero attached hydrogens (tertiary/aromatic N) is 5. The number of aryl methyl sites for hydroxylation is 2. The fourth-order valence-electron chi connectivity index (χ4n) is 3.63. The monoisotopic (exact) mass is 479 g/mol. The number of hydrogen-bond acceptors (Lipinski definition) is 5. The molecule has 0 saturated heterocycles. The standard InChI is InChI=1S/C22H28F3N7O2/c1-21(2,28-20(34)16(26-3)8-14-10-27-31(5)11-14)13-32-17(9-18(29-32)22(23,24)25)15-6-7-19(33)30(4)12-15/h6-7,9-12,16,26H,8,13H2,1-5H3,(H,28,34)/t16-/m1/s1. The number of likely N-dealkylation sites (N-methyl/N-ethyl adjacent to an activating group) is 1. The van der Waals surface area contributed by atoms with Gasteiger partial charge in [0.15, 0.2) is 5.69 Å². The van der Waals surface area contributed by atoms with E-state index in [1.54, 1.807) is 38.8 Å². The Kier molecular flexibility index (Phi) is 7.01. The Morgan fingerprint density at radius 2 is 1.88 bits per heavy atom. The number of alkyl halides is 3. The molecule has 184 valence electrons. The summed E-state index contributed by atoms with van der Waals surface area (Å²) in [6, 6.07) is 3.11. The molecule has 0 aliphatic heterocycles. The summed E-state index contributed by atoms with van der Waals surface area (Å²) in [6.45, 7) is 3.39. The van der Waals surface area contributed by atoms with Crippen molar-refractivity contribution in [2.75, 3.05) is 7.05 Å². The molecule has 34 heavy (non-hydrogen) atoms. The highest BCUT2D eigenvalue weighted by Gasteiger charge is 2.36. The van der Waals surface area contributed by atoms with E-state index in [9.17, 15) is 22.8 Å². The quantitative estimate of drug-likeness (QED) is 0.513. The number of pyridine rings is 1. The van der Waals surface area contributed by atoms with Crippen molar-refractivity contribution in [3.8, 4) is 11.3 Å². The lowest BCUT2D eigenvalue weighted by atomic mass is 10.0. The zero-order valence-corrected chi connectivity index (χ0v) is 19.6. The molecule has 0 aliphatic rings. The van der Waals surface area contributed by atoms with Crippen molar-refractivity contribution >= 4 is 5.91 Å². The van der Waals surface area contributed by atoms with Crippen molar-refractivity contribution in [2.45, 2.75) is 44.6 Å². The van der Waals surface area contributed by atoms with Gasteiger partial charge in [-0.2, -0.15) is 23.4 Å². The normalized spacial score (nSPS) is 13.2. The van der Waals surface area contributed by atoms with Crippen LogP contribution in [-0.4, -0.2) is 48.7 Å². The van der Waals surface area contributed by atoms with E-state index in [4.69, 9.17) is 0 Å². The molecule has 12 heteroatoms. The van der Waals surface area contributed by atoms with Gasteiger partial charge in [-0.3, -0.25) is 19.0 Å². The molecule has 0 saturated carbocycles. The van der Waals surface area contributed by atoms with Gasteiger partial charge in [0.05, 0.1) is 30.0 Å². The maximum absolute atomic E-state index is 13.4. The molecule has 0 spiro atoms. The van der Waals surface area contributed by atoms with Gasteiger partial charge < -0.3 is 15.2 Å². The van der Waals surface area contributed by atoms with Crippen LogP contribution in [0.1, 0.15) is 25.1 Å².